The van der Waals surface area contributed by atoms with Gasteiger partial charge in [0.15, 0.2) is 0 Å². The maximum atomic E-state index is 3.50. The monoisotopic (exact) mass is 283 g/mol. The van der Waals surface area contributed by atoms with Gasteiger partial charge in [0.05, 0.1) is 0 Å². The van der Waals surface area contributed by atoms with Crippen LogP contribution in [0.5, 0.6) is 0 Å². The molecule has 0 amide bonds. The van der Waals surface area contributed by atoms with Gasteiger partial charge in [0.2, 0.25) is 0 Å². The molecule has 0 aliphatic carbocycles. The van der Waals surface area contributed by atoms with Gasteiger partial charge in [-0.25, -0.2) is 0 Å². The van der Waals surface area contributed by atoms with Crippen LogP contribution in [-0.4, -0.2) is 18.9 Å². The van der Waals surface area contributed by atoms with E-state index >= 15 is 0 Å². The molecule has 0 radical (unpaired) electrons. The van der Waals surface area contributed by atoms with E-state index < -0.39 is 0 Å². The molecule has 16 heavy (non-hydrogen) atoms. The van der Waals surface area contributed by atoms with Crippen LogP contribution < -0.4 is 4.90 Å². The highest BCUT2D eigenvalue weighted by Gasteiger charge is 2.06. The van der Waals surface area contributed by atoms with Gasteiger partial charge in [-0.15, -0.1) is 0 Å². The Bertz CT molecular complexity index is 311. The summed E-state index contributed by atoms with van der Waals surface area (Å²) in [6.45, 7) is 5.64. The number of benzene rings is 1. The highest BCUT2D eigenvalue weighted by atomic mass is 79.9. The second kappa shape index (κ2) is 6.95. The lowest BCUT2D eigenvalue weighted by Crippen LogP contribution is -2.21. The van der Waals surface area contributed by atoms with Crippen LogP contribution in [0.4, 0.5) is 5.69 Å². The minimum atomic E-state index is 0.797. The van der Waals surface area contributed by atoms with Crippen LogP contribution in [0, 0.1) is 12.8 Å². The Morgan fingerprint density at radius 1 is 1.25 bits per heavy atom. The molecule has 0 aromatic heterocycles. The minimum absolute atomic E-state index is 0.797. The molecule has 1 rings (SSSR count). The number of rotatable bonds is 6. The molecule has 0 aliphatic heterocycles. The van der Waals surface area contributed by atoms with Gasteiger partial charge in [-0.05, 0) is 37.3 Å². The molecular weight excluding hydrogens is 262 g/mol. The minimum Gasteiger partial charge on any atom is -0.374 e. The van der Waals surface area contributed by atoms with Crippen molar-refractivity contribution in [3.05, 3.63) is 29.8 Å². The first-order valence-corrected chi connectivity index (χ1v) is 7.10. The van der Waals surface area contributed by atoms with E-state index in [9.17, 15) is 0 Å². The largest absolute Gasteiger partial charge is 0.374 e. The maximum Gasteiger partial charge on any atom is 0.0393 e. The Hall–Kier alpha value is -0.500. The van der Waals surface area contributed by atoms with Gasteiger partial charge >= 0.3 is 0 Å². The van der Waals surface area contributed by atoms with Crippen molar-refractivity contribution in [2.24, 2.45) is 5.92 Å². The van der Waals surface area contributed by atoms with Crippen LogP contribution in [0.3, 0.4) is 0 Å². The van der Waals surface area contributed by atoms with Crippen molar-refractivity contribution in [2.75, 3.05) is 23.8 Å². The van der Waals surface area contributed by atoms with Gasteiger partial charge in [-0.2, -0.15) is 0 Å². The standard InChI is InChI=1S/C14H22BrN/c1-12(8-10-15)9-11-16(3)14-7-5-4-6-13(14)2/h4-7,12H,8-11H2,1-3H3. The number of nitrogens with zero attached hydrogens (tertiary/aromatic N) is 1. The number of halogens is 1. The van der Waals surface area contributed by atoms with E-state index in [0.717, 1.165) is 17.8 Å². The molecule has 0 heterocycles. The Labute approximate surface area is 108 Å². The summed E-state index contributed by atoms with van der Waals surface area (Å²) in [5.74, 6) is 0.797. The molecule has 1 aromatic rings. The van der Waals surface area contributed by atoms with Crippen LogP contribution >= 0.6 is 15.9 Å². The van der Waals surface area contributed by atoms with Crippen LogP contribution in [0.1, 0.15) is 25.3 Å². The van der Waals surface area contributed by atoms with Crippen molar-refractivity contribution in [3.63, 3.8) is 0 Å². The topological polar surface area (TPSA) is 3.24 Å². The normalized spacial score (nSPS) is 12.5. The molecule has 0 bridgehead atoms. The third-order valence-corrected chi connectivity index (χ3v) is 3.54. The Kier molecular flexibility index (Phi) is 5.89. The summed E-state index contributed by atoms with van der Waals surface area (Å²) in [7, 11) is 2.18. The molecule has 0 N–H and O–H groups in total. The Morgan fingerprint density at radius 3 is 2.56 bits per heavy atom. The zero-order valence-corrected chi connectivity index (χ0v) is 12.1. The number of hydrogen-bond acceptors (Lipinski definition) is 1. The van der Waals surface area contributed by atoms with E-state index in [2.05, 4.69) is 66.0 Å². The average Bonchev–Trinajstić information content (AvgIpc) is 2.27. The molecule has 1 unspecified atom stereocenters. The summed E-state index contributed by atoms with van der Waals surface area (Å²) >= 11 is 3.50. The van der Waals surface area contributed by atoms with Crippen LogP contribution in [0.2, 0.25) is 0 Å². The van der Waals surface area contributed by atoms with E-state index in [-0.39, 0.29) is 0 Å². The fraction of sp³-hybridized carbons (Fsp3) is 0.571. The second-order valence-corrected chi connectivity index (χ2v) is 5.37. The smallest absolute Gasteiger partial charge is 0.0393 e. The number of anilines is 1. The lowest BCUT2D eigenvalue weighted by atomic mass is 10.0. The summed E-state index contributed by atoms with van der Waals surface area (Å²) < 4.78 is 0. The molecular formula is C14H22BrN. The quantitative estimate of drug-likeness (QED) is 0.706. The van der Waals surface area contributed by atoms with Gasteiger partial charge in [0, 0.05) is 24.6 Å². The van der Waals surface area contributed by atoms with Gasteiger partial charge in [0.25, 0.3) is 0 Å². The van der Waals surface area contributed by atoms with Crippen LogP contribution in [0.25, 0.3) is 0 Å². The molecule has 0 saturated carbocycles. The molecule has 2 heteroatoms. The first kappa shape index (κ1) is 13.6. The van der Waals surface area contributed by atoms with E-state index in [4.69, 9.17) is 0 Å². The van der Waals surface area contributed by atoms with Crippen molar-refractivity contribution < 1.29 is 0 Å². The molecule has 1 aromatic carbocycles. The zero-order valence-electron chi connectivity index (χ0n) is 10.5. The molecule has 0 spiro atoms. The number of aryl methyl sites for hydroxylation is 1. The van der Waals surface area contributed by atoms with E-state index in [1.807, 2.05) is 0 Å². The second-order valence-electron chi connectivity index (χ2n) is 4.58. The Balaban J connectivity index is 2.46. The summed E-state index contributed by atoms with van der Waals surface area (Å²) in [4.78, 5) is 2.36. The van der Waals surface area contributed by atoms with Gasteiger partial charge in [0.1, 0.15) is 0 Å². The van der Waals surface area contributed by atoms with Crippen molar-refractivity contribution >= 4 is 21.6 Å². The van der Waals surface area contributed by atoms with Gasteiger partial charge < -0.3 is 4.90 Å². The molecule has 1 nitrogen and oxygen atoms in total. The molecule has 0 fully saturated rings. The SMILES string of the molecule is Cc1ccccc1N(C)CCC(C)CCBr. The molecule has 90 valence electrons. The molecule has 0 saturated heterocycles. The van der Waals surface area contributed by atoms with Crippen molar-refractivity contribution in [3.8, 4) is 0 Å². The van der Waals surface area contributed by atoms with E-state index in [1.54, 1.807) is 0 Å². The van der Waals surface area contributed by atoms with Gasteiger partial charge in [-0.1, -0.05) is 41.1 Å². The van der Waals surface area contributed by atoms with E-state index in [0.29, 0.717) is 0 Å². The first-order valence-electron chi connectivity index (χ1n) is 5.98. The van der Waals surface area contributed by atoms with Crippen molar-refractivity contribution in [1.29, 1.82) is 0 Å². The maximum absolute atomic E-state index is 3.50. The van der Waals surface area contributed by atoms with Gasteiger partial charge in [-0.3, -0.25) is 0 Å². The number of alkyl halides is 1. The summed E-state index contributed by atoms with van der Waals surface area (Å²) in [5, 5.41) is 1.11. The third-order valence-electron chi connectivity index (χ3n) is 3.09. The van der Waals surface area contributed by atoms with Crippen LogP contribution in [0.15, 0.2) is 24.3 Å². The third kappa shape index (κ3) is 4.17. The number of para-hydroxylation sites is 1. The highest BCUT2D eigenvalue weighted by molar-refractivity contribution is 9.09. The fourth-order valence-corrected chi connectivity index (χ4v) is 2.64. The predicted octanol–water partition coefficient (Wildman–Crippen LogP) is 4.24. The predicted molar refractivity (Wildman–Crippen MR) is 76.6 cm³/mol. The Morgan fingerprint density at radius 2 is 1.94 bits per heavy atom. The molecule has 0 aliphatic rings. The summed E-state index contributed by atoms with van der Waals surface area (Å²) in [6, 6.07) is 8.58. The summed E-state index contributed by atoms with van der Waals surface area (Å²) in [5.41, 5.74) is 2.71. The molecule has 1 atom stereocenters. The highest BCUT2D eigenvalue weighted by Crippen LogP contribution is 2.19. The van der Waals surface area contributed by atoms with Crippen molar-refractivity contribution in [1.82, 2.24) is 0 Å². The fourth-order valence-electron chi connectivity index (χ4n) is 1.86. The zero-order chi connectivity index (χ0) is 12.0. The lowest BCUT2D eigenvalue weighted by Gasteiger charge is -2.23. The first-order chi connectivity index (χ1) is 7.65. The number of hydrogen-bond donors (Lipinski definition) is 0. The lowest BCUT2D eigenvalue weighted by molar-refractivity contribution is 0.523. The summed E-state index contributed by atoms with van der Waals surface area (Å²) in [6.07, 6.45) is 2.53. The van der Waals surface area contributed by atoms with Crippen molar-refractivity contribution in [2.45, 2.75) is 26.7 Å². The average molecular weight is 284 g/mol. The van der Waals surface area contributed by atoms with Crippen LogP contribution in [-0.2, 0) is 0 Å². The van der Waals surface area contributed by atoms with E-state index in [1.165, 1.54) is 24.1 Å².